The number of carbonyl (C=O) groups excluding carboxylic acids is 1. The fraction of sp³-hybridized carbons (Fsp3) is 0.167. The molecule has 0 unspecified atom stereocenters. The van der Waals surface area contributed by atoms with Crippen LogP contribution in [0.2, 0.25) is 0 Å². The van der Waals surface area contributed by atoms with Gasteiger partial charge >= 0.3 is 0 Å². The molecule has 0 radical (unpaired) electrons. The van der Waals surface area contributed by atoms with E-state index < -0.39 is 0 Å². The van der Waals surface area contributed by atoms with Crippen LogP contribution in [0.5, 0.6) is 0 Å². The van der Waals surface area contributed by atoms with Crippen LogP contribution in [0.1, 0.15) is 9.67 Å². The second-order valence-electron chi connectivity index (χ2n) is 3.44. The summed E-state index contributed by atoms with van der Waals surface area (Å²) in [5.74, 6) is -0.116. The molecule has 0 aliphatic rings. The molecule has 1 heterocycles. The molecule has 0 saturated carbocycles. The van der Waals surface area contributed by atoms with Gasteiger partial charge < -0.3 is 11.1 Å². The predicted octanol–water partition coefficient (Wildman–Crippen LogP) is 2.34. The number of rotatable bonds is 4. The summed E-state index contributed by atoms with van der Waals surface area (Å²) in [5.41, 5.74) is 6.35. The topological polar surface area (TPSA) is 68.0 Å². The summed E-state index contributed by atoms with van der Waals surface area (Å²) in [6.07, 6.45) is 1.60. The van der Waals surface area contributed by atoms with E-state index in [2.05, 4.69) is 10.3 Å². The molecule has 7 heteroatoms. The summed E-state index contributed by atoms with van der Waals surface area (Å²) in [7, 11) is 0. The highest BCUT2D eigenvalue weighted by Crippen LogP contribution is 2.24. The van der Waals surface area contributed by atoms with Gasteiger partial charge in [0, 0.05) is 18.7 Å². The molecule has 4 nitrogen and oxygen atoms in total. The standard InChI is InChI=1S/C12H13N3OS.2ClH/c13-6-7-14-11(16)10-8-15-12(17-10)9-4-2-1-3-5-9;;/h1-5,8H,6-7,13H2,(H,14,16);2*1H. The minimum atomic E-state index is -0.116. The molecule has 0 spiro atoms. The van der Waals surface area contributed by atoms with Gasteiger partial charge in [0.05, 0.1) is 6.20 Å². The van der Waals surface area contributed by atoms with E-state index in [9.17, 15) is 4.79 Å². The lowest BCUT2D eigenvalue weighted by molar-refractivity contribution is 0.0958. The third kappa shape index (κ3) is 4.80. The third-order valence-corrected chi connectivity index (χ3v) is 3.23. The summed E-state index contributed by atoms with van der Waals surface area (Å²) < 4.78 is 0. The van der Waals surface area contributed by atoms with E-state index in [1.165, 1.54) is 11.3 Å². The summed E-state index contributed by atoms with van der Waals surface area (Å²) in [6, 6.07) is 9.79. The quantitative estimate of drug-likeness (QED) is 0.908. The average Bonchev–Trinajstić information content (AvgIpc) is 2.86. The van der Waals surface area contributed by atoms with Crippen LogP contribution in [0.15, 0.2) is 36.5 Å². The van der Waals surface area contributed by atoms with E-state index in [1.54, 1.807) is 6.20 Å². The van der Waals surface area contributed by atoms with Crippen LogP contribution in [0, 0.1) is 0 Å². The van der Waals surface area contributed by atoms with Crippen molar-refractivity contribution in [1.29, 1.82) is 0 Å². The van der Waals surface area contributed by atoms with E-state index in [0.717, 1.165) is 10.6 Å². The molecule has 19 heavy (non-hydrogen) atoms. The lowest BCUT2D eigenvalue weighted by Crippen LogP contribution is -2.28. The first-order valence-corrected chi connectivity index (χ1v) is 6.12. The van der Waals surface area contributed by atoms with Crippen LogP contribution >= 0.6 is 36.2 Å². The molecule has 0 bridgehead atoms. The number of benzene rings is 1. The Morgan fingerprint density at radius 1 is 1.26 bits per heavy atom. The van der Waals surface area contributed by atoms with E-state index in [0.29, 0.717) is 18.0 Å². The van der Waals surface area contributed by atoms with Gasteiger partial charge in [-0.2, -0.15) is 0 Å². The Balaban J connectivity index is 0.00000162. The first kappa shape index (κ1) is 17.9. The Labute approximate surface area is 128 Å². The fourth-order valence-corrected chi connectivity index (χ4v) is 2.20. The Morgan fingerprint density at radius 2 is 1.95 bits per heavy atom. The number of aromatic nitrogens is 1. The van der Waals surface area contributed by atoms with Crippen molar-refractivity contribution in [2.75, 3.05) is 13.1 Å². The van der Waals surface area contributed by atoms with Gasteiger partial charge in [-0.15, -0.1) is 36.2 Å². The lowest BCUT2D eigenvalue weighted by Gasteiger charge is -1.98. The molecule has 2 aromatic rings. The van der Waals surface area contributed by atoms with Gasteiger partial charge in [0.1, 0.15) is 9.88 Å². The molecule has 0 aliphatic carbocycles. The van der Waals surface area contributed by atoms with E-state index in [-0.39, 0.29) is 30.7 Å². The Bertz CT molecular complexity index is 505. The average molecular weight is 320 g/mol. The molecule has 0 fully saturated rings. The number of nitrogens with one attached hydrogen (secondary N) is 1. The fourth-order valence-electron chi connectivity index (χ4n) is 1.37. The van der Waals surface area contributed by atoms with Crippen molar-refractivity contribution in [3.63, 3.8) is 0 Å². The van der Waals surface area contributed by atoms with Crippen LogP contribution in [-0.2, 0) is 0 Å². The highest BCUT2D eigenvalue weighted by Gasteiger charge is 2.10. The molecule has 1 aromatic carbocycles. The molecule has 1 amide bonds. The van der Waals surface area contributed by atoms with Crippen LogP contribution in [-0.4, -0.2) is 24.0 Å². The smallest absolute Gasteiger partial charge is 0.263 e. The van der Waals surface area contributed by atoms with E-state index in [4.69, 9.17) is 5.73 Å². The molecule has 0 aliphatic heterocycles. The van der Waals surface area contributed by atoms with Gasteiger partial charge in [0.25, 0.3) is 5.91 Å². The lowest BCUT2D eigenvalue weighted by atomic mass is 10.2. The molecular weight excluding hydrogens is 305 g/mol. The number of thiazole rings is 1. The van der Waals surface area contributed by atoms with Crippen molar-refractivity contribution in [3.05, 3.63) is 41.4 Å². The maximum absolute atomic E-state index is 11.7. The zero-order valence-corrected chi connectivity index (χ0v) is 12.5. The number of nitrogens with two attached hydrogens (primary N) is 1. The van der Waals surface area contributed by atoms with Crippen molar-refractivity contribution >= 4 is 42.1 Å². The van der Waals surface area contributed by atoms with Gasteiger partial charge in [0.2, 0.25) is 0 Å². The number of hydrogen-bond acceptors (Lipinski definition) is 4. The second-order valence-corrected chi connectivity index (χ2v) is 4.47. The molecule has 104 valence electrons. The zero-order chi connectivity index (χ0) is 12.1. The first-order valence-electron chi connectivity index (χ1n) is 5.31. The first-order chi connectivity index (χ1) is 8.31. The number of halogens is 2. The van der Waals surface area contributed by atoms with Crippen molar-refractivity contribution in [3.8, 4) is 10.6 Å². The predicted molar refractivity (Wildman–Crippen MR) is 83.4 cm³/mol. The Kier molecular flexibility index (Phi) is 8.34. The minimum absolute atomic E-state index is 0. The second kappa shape index (κ2) is 8.87. The van der Waals surface area contributed by atoms with Crippen LogP contribution in [0.4, 0.5) is 0 Å². The van der Waals surface area contributed by atoms with Crippen LogP contribution in [0.25, 0.3) is 10.6 Å². The maximum atomic E-state index is 11.7. The van der Waals surface area contributed by atoms with Crippen molar-refractivity contribution in [1.82, 2.24) is 10.3 Å². The largest absolute Gasteiger partial charge is 0.350 e. The number of amides is 1. The summed E-state index contributed by atoms with van der Waals surface area (Å²) in [6.45, 7) is 0.924. The van der Waals surface area contributed by atoms with E-state index in [1.807, 2.05) is 30.3 Å². The summed E-state index contributed by atoms with van der Waals surface area (Å²) >= 11 is 1.38. The van der Waals surface area contributed by atoms with Crippen molar-refractivity contribution in [2.24, 2.45) is 5.73 Å². The number of nitrogens with zero attached hydrogens (tertiary/aromatic N) is 1. The molecule has 2 rings (SSSR count). The van der Waals surface area contributed by atoms with Crippen LogP contribution in [0.3, 0.4) is 0 Å². The Morgan fingerprint density at radius 3 is 2.58 bits per heavy atom. The summed E-state index contributed by atoms with van der Waals surface area (Å²) in [5, 5.41) is 3.57. The Hall–Kier alpha value is -1.14. The van der Waals surface area contributed by atoms with Crippen molar-refractivity contribution < 1.29 is 4.79 Å². The monoisotopic (exact) mass is 319 g/mol. The molecular formula is C12H15Cl2N3OS. The molecule has 0 saturated heterocycles. The van der Waals surface area contributed by atoms with Gasteiger partial charge in [0.15, 0.2) is 0 Å². The van der Waals surface area contributed by atoms with Crippen LogP contribution < -0.4 is 11.1 Å². The molecule has 1 aromatic heterocycles. The zero-order valence-electron chi connectivity index (χ0n) is 10.0. The number of hydrogen-bond donors (Lipinski definition) is 2. The molecule has 3 N–H and O–H groups in total. The van der Waals surface area contributed by atoms with Gasteiger partial charge in [-0.25, -0.2) is 4.98 Å². The highest BCUT2D eigenvalue weighted by molar-refractivity contribution is 7.16. The highest BCUT2D eigenvalue weighted by atomic mass is 35.5. The summed E-state index contributed by atoms with van der Waals surface area (Å²) in [4.78, 5) is 16.5. The van der Waals surface area contributed by atoms with Gasteiger partial charge in [-0.05, 0) is 0 Å². The normalized spacial score (nSPS) is 9.11. The van der Waals surface area contributed by atoms with E-state index >= 15 is 0 Å². The van der Waals surface area contributed by atoms with Crippen molar-refractivity contribution in [2.45, 2.75) is 0 Å². The third-order valence-electron chi connectivity index (χ3n) is 2.18. The van der Waals surface area contributed by atoms with Gasteiger partial charge in [-0.3, -0.25) is 4.79 Å². The SMILES string of the molecule is Cl.Cl.NCCNC(=O)c1cnc(-c2ccccc2)s1. The number of carbonyl (C=O) groups is 1. The molecule has 0 atom stereocenters. The van der Waals surface area contributed by atoms with Gasteiger partial charge in [-0.1, -0.05) is 30.3 Å². The maximum Gasteiger partial charge on any atom is 0.263 e. The minimum Gasteiger partial charge on any atom is -0.350 e.